The second kappa shape index (κ2) is 13.1. The summed E-state index contributed by atoms with van der Waals surface area (Å²) in [7, 11) is 4.88. The molecule has 0 aliphatic rings. The van der Waals surface area contributed by atoms with Crippen molar-refractivity contribution in [3.05, 3.63) is 12.7 Å². The molecule has 9 heteroatoms. The summed E-state index contributed by atoms with van der Waals surface area (Å²) >= 11 is 0. The third-order valence-electron chi connectivity index (χ3n) is 4.17. The molecule has 24 heavy (non-hydrogen) atoms. The van der Waals surface area contributed by atoms with E-state index in [1.165, 1.54) is 0 Å². The Morgan fingerprint density at radius 1 is 0.708 bits per heavy atom. The maximum Gasteiger partial charge on any atom is 0.500 e. The average Bonchev–Trinajstić information content (AvgIpc) is 2.63. The standard InChI is InChI=1S/C15H35NO6Si2/c1-8-11-16(12-9-14-23(17-2,18-3)19-4)13-10-15-24(20-5,21-6)22-7/h8H,1,9-15H2,2-7H3. The molecule has 0 atom stereocenters. The van der Waals surface area contributed by atoms with Crippen LogP contribution in [0.1, 0.15) is 12.8 Å². The number of rotatable bonds is 16. The Labute approximate surface area is 149 Å². The maximum atomic E-state index is 5.46. The van der Waals surface area contributed by atoms with E-state index in [0.717, 1.165) is 44.6 Å². The molecule has 0 radical (unpaired) electrons. The zero-order valence-electron chi connectivity index (χ0n) is 16.1. The average molecular weight is 382 g/mol. The van der Waals surface area contributed by atoms with E-state index in [1.54, 1.807) is 42.7 Å². The van der Waals surface area contributed by atoms with E-state index in [4.69, 9.17) is 26.6 Å². The molecule has 0 N–H and O–H groups in total. The van der Waals surface area contributed by atoms with Crippen LogP contribution >= 0.6 is 0 Å². The molecular formula is C15H35NO6Si2. The fourth-order valence-corrected chi connectivity index (χ4v) is 6.03. The molecule has 144 valence electrons. The van der Waals surface area contributed by atoms with Crippen LogP contribution in [0.2, 0.25) is 12.1 Å². The molecule has 7 nitrogen and oxygen atoms in total. The lowest BCUT2D eigenvalue weighted by atomic mass is 10.3. The summed E-state index contributed by atoms with van der Waals surface area (Å²) in [6, 6.07) is 1.58. The van der Waals surface area contributed by atoms with Crippen molar-refractivity contribution in [2.75, 3.05) is 62.3 Å². The molecule has 0 bridgehead atoms. The highest BCUT2D eigenvalue weighted by Gasteiger charge is 2.38. The van der Waals surface area contributed by atoms with Gasteiger partial charge in [0, 0.05) is 61.3 Å². The molecule has 0 aromatic rings. The van der Waals surface area contributed by atoms with Gasteiger partial charge < -0.3 is 26.6 Å². The van der Waals surface area contributed by atoms with Crippen molar-refractivity contribution in [3.63, 3.8) is 0 Å². The molecule has 0 spiro atoms. The molecule has 0 heterocycles. The predicted octanol–water partition coefficient (Wildman–Crippen LogP) is 2.01. The van der Waals surface area contributed by atoms with E-state index in [0.29, 0.717) is 0 Å². The zero-order valence-corrected chi connectivity index (χ0v) is 18.1. The van der Waals surface area contributed by atoms with Crippen molar-refractivity contribution in [2.24, 2.45) is 0 Å². The Kier molecular flexibility index (Phi) is 13.1. The highest BCUT2D eigenvalue weighted by molar-refractivity contribution is 6.60. The molecular weight excluding hydrogens is 346 g/mol. The van der Waals surface area contributed by atoms with E-state index in [9.17, 15) is 0 Å². The maximum absolute atomic E-state index is 5.46. The summed E-state index contributed by atoms with van der Waals surface area (Å²) in [6.45, 7) is 6.53. The lowest BCUT2D eigenvalue weighted by molar-refractivity contribution is 0.120. The van der Waals surface area contributed by atoms with Crippen molar-refractivity contribution >= 4 is 17.6 Å². The predicted molar refractivity (Wildman–Crippen MR) is 99.0 cm³/mol. The Balaban J connectivity index is 4.38. The second-order valence-electron chi connectivity index (χ2n) is 5.39. The second-order valence-corrected chi connectivity index (χ2v) is 11.6. The Morgan fingerprint density at radius 2 is 1.04 bits per heavy atom. The first-order valence-corrected chi connectivity index (χ1v) is 12.0. The number of hydrogen-bond acceptors (Lipinski definition) is 7. The summed E-state index contributed by atoms with van der Waals surface area (Å²) in [5, 5.41) is 0. The minimum atomic E-state index is -2.49. The van der Waals surface area contributed by atoms with Crippen molar-refractivity contribution in [2.45, 2.75) is 24.9 Å². The lowest BCUT2D eigenvalue weighted by Gasteiger charge is -2.28. The first-order chi connectivity index (χ1) is 11.5. The van der Waals surface area contributed by atoms with Gasteiger partial charge >= 0.3 is 17.6 Å². The van der Waals surface area contributed by atoms with Gasteiger partial charge in [-0.2, -0.15) is 0 Å². The fourth-order valence-electron chi connectivity index (χ4n) is 2.63. The first-order valence-electron chi connectivity index (χ1n) is 8.15. The lowest BCUT2D eigenvalue weighted by Crippen LogP contribution is -2.44. The Bertz CT molecular complexity index is 285. The van der Waals surface area contributed by atoms with Gasteiger partial charge in [0.05, 0.1) is 0 Å². The van der Waals surface area contributed by atoms with E-state index in [2.05, 4.69) is 11.5 Å². The SMILES string of the molecule is C=CCN(CCC[Si](OC)(OC)OC)CCC[Si](OC)(OC)OC. The molecule has 0 aromatic carbocycles. The number of hydrogen-bond donors (Lipinski definition) is 0. The van der Waals surface area contributed by atoms with Crippen molar-refractivity contribution in [3.8, 4) is 0 Å². The summed E-state index contributed by atoms with van der Waals surface area (Å²) in [5.41, 5.74) is 0. The van der Waals surface area contributed by atoms with Gasteiger partial charge in [-0.15, -0.1) is 6.58 Å². The smallest absolute Gasteiger partial charge is 0.377 e. The third kappa shape index (κ3) is 7.85. The van der Waals surface area contributed by atoms with Gasteiger partial charge in [0.2, 0.25) is 0 Å². The van der Waals surface area contributed by atoms with Gasteiger partial charge in [-0.3, -0.25) is 4.90 Å². The van der Waals surface area contributed by atoms with Gasteiger partial charge in [0.1, 0.15) is 0 Å². The van der Waals surface area contributed by atoms with Gasteiger partial charge in [0.15, 0.2) is 0 Å². The van der Waals surface area contributed by atoms with Crippen LogP contribution in [0, 0.1) is 0 Å². The molecule has 0 unspecified atom stereocenters. The third-order valence-corrected chi connectivity index (χ3v) is 9.83. The molecule has 0 rings (SSSR count). The highest BCUT2D eigenvalue weighted by Crippen LogP contribution is 2.17. The minimum Gasteiger partial charge on any atom is -0.377 e. The van der Waals surface area contributed by atoms with Crippen LogP contribution in [-0.4, -0.2) is 84.8 Å². The first kappa shape index (κ1) is 23.9. The molecule has 0 fully saturated rings. The molecule has 0 aromatic heterocycles. The summed E-state index contributed by atoms with van der Waals surface area (Å²) in [4.78, 5) is 2.34. The van der Waals surface area contributed by atoms with Crippen LogP contribution < -0.4 is 0 Å². The zero-order chi connectivity index (χ0) is 18.5. The van der Waals surface area contributed by atoms with Crippen LogP contribution in [0.15, 0.2) is 12.7 Å². The van der Waals surface area contributed by atoms with Crippen LogP contribution in [0.4, 0.5) is 0 Å². The van der Waals surface area contributed by atoms with Gasteiger partial charge in [0.25, 0.3) is 0 Å². The quantitative estimate of drug-likeness (QED) is 0.299. The fraction of sp³-hybridized carbons (Fsp3) is 0.867. The van der Waals surface area contributed by atoms with E-state index in [1.807, 2.05) is 6.08 Å². The van der Waals surface area contributed by atoms with Crippen LogP contribution in [0.25, 0.3) is 0 Å². The summed E-state index contributed by atoms with van der Waals surface area (Å²) < 4.78 is 32.8. The largest absolute Gasteiger partial charge is 0.500 e. The minimum absolute atomic E-state index is 0.789. The van der Waals surface area contributed by atoms with E-state index in [-0.39, 0.29) is 0 Å². The molecule has 0 amide bonds. The van der Waals surface area contributed by atoms with E-state index < -0.39 is 17.6 Å². The number of nitrogens with zero attached hydrogens (tertiary/aromatic N) is 1. The van der Waals surface area contributed by atoms with Crippen molar-refractivity contribution in [1.29, 1.82) is 0 Å². The normalized spacial score (nSPS) is 12.8. The van der Waals surface area contributed by atoms with Gasteiger partial charge in [-0.25, -0.2) is 0 Å². The van der Waals surface area contributed by atoms with Crippen LogP contribution in [0.3, 0.4) is 0 Å². The monoisotopic (exact) mass is 381 g/mol. The van der Waals surface area contributed by atoms with Gasteiger partial charge in [-0.1, -0.05) is 6.08 Å². The van der Waals surface area contributed by atoms with E-state index >= 15 is 0 Å². The molecule has 0 saturated heterocycles. The van der Waals surface area contributed by atoms with Crippen molar-refractivity contribution < 1.29 is 26.6 Å². The molecule has 0 saturated carbocycles. The topological polar surface area (TPSA) is 58.6 Å². The molecule has 0 aliphatic carbocycles. The summed E-state index contributed by atoms with van der Waals surface area (Å²) in [5.74, 6) is 0. The Hall–Kier alpha value is -0.106. The van der Waals surface area contributed by atoms with Crippen LogP contribution in [-0.2, 0) is 26.6 Å². The highest BCUT2D eigenvalue weighted by atomic mass is 28.4. The van der Waals surface area contributed by atoms with Crippen molar-refractivity contribution in [1.82, 2.24) is 4.90 Å². The molecule has 0 aliphatic heterocycles. The summed E-state index contributed by atoms with van der Waals surface area (Å²) in [6.07, 6.45) is 3.80. The van der Waals surface area contributed by atoms with Gasteiger partial charge in [-0.05, 0) is 25.9 Å². The Morgan fingerprint density at radius 3 is 1.29 bits per heavy atom. The van der Waals surface area contributed by atoms with Crippen LogP contribution in [0.5, 0.6) is 0 Å².